The highest BCUT2D eigenvalue weighted by molar-refractivity contribution is 7.71. The standard InChI is InChI=1S/C15H14O3P/c1-2-18-13-10-6-7-11-14(13)19(17)15(16)12-8-4-3-5-9-12/h3-11H,2H2,1H3/q+1. The van der Waals surface area contributed by atoms with Crippen LogP contribution in [-0.4, -0.2) is 12.1 Å². The molecule has 0 heterocycles. The fraction of sp³-hybridized carbons (Fsp3) is 0.133. The molecule has 0 amide bonds. The molecular weight excluding hydrogens is 259 g/mol. The quantitative estimate of drug-likeness (QED) is 0.784. The van der Waals surface area contributed by atoms with Crippen molar-refractivity contribution in [3.05, 3.63) is 60.2 Å². The largest absolute Gasteiger partial charge is 0.489 e. The fourth-order valence-corrected chi connectivity index (χ4v) is 2.87. The summed E-state index contributed by atoms with van der Waals surface area (Å²) in [5, 5.41) is 0.452. The van der Waals surface area contributed by atoms with E-state index in [1.807, 2.05) is 13.0 Å². The first-order valence-electron chi connectivity index (χ1n) is 6.02. The molecule has 0 radical (unpaired) electrons. The number of ether oxygens (including phenoxy) is 1. The van der Waals surface area contributed by atoms with Crippen molar-refractivity contribution in [3.63, 3.8) is 0 Å². The van der Waals surface area contributed by atoms with Gasteiger partial charge in [-0.25, -0.2) is 4.79 Å². The second-order valence-corrected chi connectivity index (χ2v) is 5.34. The third kappa shape index (κ3) is 3.07. The molecule has 0 aliphatic carbocycles. The molecule has 2 aromatic carbocycles. The van der Waals surface area contributed by atoms with Gasteiger partial charge in [0.25, 0.3) is 0 Å². The van der Waals surface area contributed by atoms with E-state index in [1.165, 1.54) is 0 Å². The van der Waals surface area contributed by atoms with Crippen molar-refractivity contribution in [1.82, 2.24) is 0 Å². The monoisotopic (exact) mass is 273 g/mol. The van der Waals surface area contributed by atoms with E-state index in [9.17, 15) is 9.36 Å². The first-order valence-corrected chi connectivity index (χ1v) is 7.28. The van der Waals surface area contributed by atoms with Gasteiger partial charge in [-0.15, -0.1) is 0 Å². The van der Waals surface area contributed by atoms with Crippen LogP contribution in [0.5, 0.6) is 5.75 Å². The van der Waals surface area contributed by atoms with Gasteiger partial charge in [-0.3, -0.25) is 0 Å². The van der Waals surface area contributed by atoms with E-state index >= 15 is 0 Å². The molecule has 19 heavy (non-hydrogen) atoms. The molecule has 3 nitrogen and oxygen atoms in total. The first-order chi connectivity index (χ1) is 9.24. The number of carbonyl (C=O) groups is 1. The lowest BCUT2D eigenvalue weighted by Gasteiger charge is -2.01. The summed E-state index contributed by atoms with van der Waals surface area (Å²) in [5.74, 6) is 0.510. The van der Waals surface area contributed by atoms with Crippen molar-refractivity contribution in [2.24, 2.45) is 0 Å². The predicted molar refractivity (Wildman–Crippen MR) is 75.6 cm³/mol. The van der Waals surface area contributed by atoms with E-state index in [4.69, 9.17) is 4.74 Å². The Morgan fingerprint density at radius 1 is 1.05 bits per heavy atom. The van der Waals surface area contributed by atoms with Gasteiger partial charge in [0.15, 0.2) is 5.75 Å². The van der Waals surface area contributed by atoms with Crippen LogP contribution in [0.4, 0.5) is 0 Å². The van der Waals surface area contributed by atoms with Crippen molar-refractivity contribution in [3.8, 4) is 5.75 Å². The summed E-state index contributed by atoms with van der Waals surface area (Å²) in [6.07, 6.45) is 0. The highest BCUT2D eigenvalue weighted by Gasteiger charge is 2.35. The molecule has 0 aliphatic heterocycles. The maximum atomic E-state index is 12.4. The van der Waals surface area contributed by atoms with Crippen LogP contribution in [0.25, 0.3) is 0 Å². The Kier molecular flexibility index (Phi) is 4.43. The van der Waals surface area contributed by atoms with E-state index in [1.54, 1.807) is 48.5 Å². The molecule has 0 saturated carbocycles. The molecule has 0 bridgehead atoms. The lowest BCUT2D eigenvalue weighted by Crippen LogP contribution is -2.09. The summed E-state index contributed by atoms with van der Waals surface area (Å²) in [6.45, 7) is 2.32. The smallest absolute Gasteiger partial charge is 0.462 e. The molecule has 0 aromatic heterocycles. The van der Waals surface area contributed by atoms with Gasteiger partial charge in [0.05, 0.1) is 12.2 Å². The topological polar surface area (TPSA) is 43.4 Å². The summed E-state index contributed by atoms with van der Waals surface area (Å²) >= 11 is 0. The lowest BCUT2D eigenvalue weighted by molar-refractivity contribution is 0.108. The summed E-state index contributed by atoms with van der Waals surface area (Å²) in [4.78, 5) is 12.2. The number of hydrogen-bond donors (Lipinski definition) is 0. The van der Waals surface area contributed by atoms with Crippen LogP contribution in [0.3, 0.4) is 0 Å². The molecule has 2 aromatic rings. The minimum Gasteiger partial charge on any atom is -0.489 e. The third-order valence-electron chi connectivity index (χ3n) is 2.59. The number of rotatable bonds is 5. The fourth-order valence-electron chi connectivity index (χ4n) is 1.71. The van der Waals surface area contributed by atoms with Gasteiger partial charge in [-0.2, -0.15) is 0 Å². The van der Waals surface area contributed by atoms with Crippen molar-refractivity contribution < 1.29 is 14.1 Å². The minimum absolute atomic E-state index is 0.372. The number of para-hydroxylation sites is 1. The van der Waals surface area contributed by atoms with Crippen molar-refractivity contribution in [2.45, 2.75) is 6.92 Å². The van der Waals surface area contributed by atoms with E-state index in [0.717, 1.165) is 0 Å². The van der Waals surface area contributed by atoms with E-state index in [2.05, 4.69) is 0 Å². The van der Waals surface area contributed by atoms with Gasteiger partial charge in [0.1, 0.15) is 0 Å². The zero-order valence-electron chi connectivity index (χ0n) is 10.6. The predicted octanol–water partition coefficient (Wildman–Crippen LogP) is 3.38. The zero-order chi connectivity index (χ0) is 13.7. The van der Waals surface area contributed by atoms with Gasteiger partial charge in [-0.1, -0.05) is 34.9 Å². The summed E-state index contributed by atoms with van der Waals surface area (Å²) in [7, 11) is -2.16. The number of hydrogen-bond acceptors (Lipinski definition) is 3. The Bertz CT molecular complexity index is 593. The summed E-state index contributed by atoms with van der Waals surface area (Å²) < 4.78 is 17.8. The lowest BCUT2D eigenvalue weighted by atomic mass is 10.2. The highest BCUT2D eigenvalue weighted by Crippen LogP contribution is 2.30. The summed E-state index contributed by atoms with van der Waals surface area (Å²) in [6, 6.07) is 15.6. The second-order valence-electron chi connectivity index (χ2n) is 3.87. The SMILES string of the molecule is CCOc1ccccc1[P+](=O)C(=O)c1ccccc1. The molecule has 0 aliphatic rings. The normalized spacial score (nSPS) is 10.9. The van der Waals surface area contributed by atoms with Gasteiger partial charge in [0.2, 0.25) is 5.30 Å². The number of carbonyl (C=O) groups excluding carboxylic acids is 1. The van der Waals surface area contributed by atoms with Crippen LogP contribution in [0.15, 0.2) is 54.6 Å². The van der Waals surface area contributed by atoms with Crippen LogP contribution in [0.2, 0.25) is 0 Å². The van der Waals surface area contributed by atoms with E-state index < -0.39 is 7.80 Å². The third-order valence-corrected chi connectivity index (χ3v) is 4.02. The van der Waals surface area contributed by atoms with Crippen LogP contribution in [-0.2, 0) is 4.57 Å². The van der Waals surface area contributed by atoms with Crippen LogP contribution < -0.4 is 10.0 Å². The average molecular weight is 273 g/mol. The van der Waals surface area contributed by atoms with Crippen molar-refractivity contribution in [1.29, 1.82) is 0 Å². The number of benzene rings is 2. The maximum Gasteiger partial charge on any atom is 0.462 e. The Morgan fingerprint density at radius 2 is 1.68 bits per heavy atom. The molecule has 96 valence electrons. The van der Waals surface area contributed by atoms with Crippen LogP contribution in [0.1, 0.15) is 17.3 Å². The Hall–Kier alpha value is -1.99. The summed E-state index contributed by atoms with van der Waals surface area (Å²) in [5.41, 5.74) is 0.0812. The van der Waals surface area contributed by atoms with Crippen molar-refractivity contribution >= 4 is 18.6 Å². The molecule has 0 saturated heterocycles. The van der Waals surface area contributed by atoms with Gasteiger partial charge in [-0.05, 0) is 31.2 Å². The molecule has 1 unspecified atom stereocenters. The molecule has 1 atom stereocenters. The minimum atomic E-state index is -2.16. The average Bonchev–Trinajstić information content (AvgIpc) is 2.47. The van der Waals surface area contributed by atoms with Gasteiger partial charge < -0.3 is 4.74 Å². The van der Waals surface area contributed by atoms with E-state index in [-0.39, 0.29) is 5.52 Å². The second kappa shape index (κ2) is 6.26. The molecule has 0 fully saturated rings. The van der Waals surface area contributed by atoms with Gasteiger partial charge >= 0.3 is 13.3 Å². The Morgan fingerprint density at radius 3 is 2.37 bits per heavy atom. The Labute approximate surface area is 113 Å². The highest BCUT2D eigenvalue weighted by atomic mass is 31.1. The molecule has 4 heteroatoms. The van der Waals surface area contributed by atoms with Gasteiger partial charge in [0, 0.05) is 0 Å². The Balaban J connectivity index is 2.32. The molecule has 0 spiro atoms. The van der Waals surface area contributed by atoms with E-state index in [0.29, 0.717) is 23.2 Å². The first kappa shape index (κ1) is 13.4. The molecule has 0 N–H and O–H groups in total. The molecular formula is C15H14O3P+. The van der Waals surface area contributed by atoms with Crippen LogP contribution in [0, 0.1) is 0 Å². The molecule has 2 rings (SSSR count). The zero-order valence-corrected chi connectivity index (χ0v) is 11.5. The maximum absolute atomic E-state index is 12.4. The van der Waals surface area contributed by atoms with Crippen molar-refractivity contribution in [2.75, 3.05) is 6.61 Å². The van der Waals surface area contributed by atoms with Crippen LogP contribution >= 0.6 is 7.80 Å².